The second-order valence-electron chi connectivity index (χ2n) is 6.59. The van der Waals surface area contributed by atoms with Crippen molar-refractivity contribution in [3.05, 3.63) is 86.5 Å². The lowest BCUT2D eigenvalue weighted by molar-refractivity contribution is 0.0939. The molecule has 1 atom stereocenters. The van der Waals surface area contributed by atoms with Gasteiger partial charge in [0, 0.05) is 11.3 Å². The van der Waals surface area contributed by atoms with E-state index < -0.39 is 0 Å². The summed E-state index contributed by atoms with van der Waals surface area (Å²) in [5.41, 5.74) is 3.13. The average molecular weight is 406 g/mol. The standard InChI is InChI=1S/C21H18N4O3S/c1-12(14-6-9-16-17(11-14)25-21(28)24-16)22-19(26)13-4-7-15(8-5-13)23-20(27)18-3-2-10-29-18/h2-12H,1H3,(H,22,26)(H,23,27)(H2,24,25,28). The average Bonchev–Trinajstić information content (AvgIpc) is 3.36. The molecule has 0 radical (unpaired) electrons. The molecule has 2 aromatic carbocycles. The predicted octanol–water partition coefficient (Wildman–Crippen LogP) is 3.66. The molecule has 8 heteroatoms. The Morgan fingerprint density at radius 1 is 0.966 bits per heavy atom. The Balaban J connectivity index is 1.42. The van der Waals surface area contributed by atoms with Crippen molar-refractivity contribution in [2.75, 3.05) is 5.32 Å². The van der Waals surface area contributed by atoms with Crippen LogP contribution in [-0.4, -0.2) is 21.8 Å². The van der Waals surface area contributed by atoms with E-state index in [0.717, 1.165) is 11.1 Å². The number of hydrogen-bond acceptors (Lipinski definition) is 4. The molecule has 29 heavy (non-hydrogen) atoms. The number of benzene rings is 2. The van der Waals surface area contributed by atoms with Gasteiger partial charge in [0.05, 0.1) is 22.0 Å². The normalized spacial score (nSPS) is 11.9. The Morgan fingerprint density at radius 2 is 1.72 bits per heavy atom. The lowest BCUT2D eigenvalue weighted by Crippen LogP contribution is -2.26. The summed E-state index contributed by atoms with van der Waals surface area (Å²) in [6, 6.07) is 15.5. The van der Waals surface area contributed by atoms with Gasteiger partial charge in [-0.2, -0.15) is 0 Å². The van der Waals surface area contributed by atoms with Crippen molar-refractivity contribution in [2.45, 2.75) is 13.0 Å². The topological polar surface area (TPSA) is 107 Å². The maximum Gasteiger partial charge on any atom is 0.323 e. The number of thiophene rings is 1. The van der Waals surface area contributed by atoms with E-state index in [2.05, 4.69) is 20.6 Å². The molecule has 0 spiro atoms. The first kappa shape index (κ1) is 18.7. The smallest absolute Gasteiger partial charge is 0.323 e. The zero-order chi connectivity index (χ0) is 20.4. The van der Waals surface area contributed by atoms with Gasteiger partial charge in [-0.15, -0.1) is 11.3 Å². The zero-order valence-corrected chi connectivity index (χ0v) is 16.3. The van der Waals surface area contributed by atoms with Gasteiger partial charge in [0.25, 0.3) is 11.8 Å². The van der Waals surface area contributed by atoms with Crippen LogP contribution in [0.25, 0.3) is 11.0 Å². The number of carbonyl (C=O) groups is 2. The SMILES string of the molecule is CC(NC(=O)c1ccc(NC(=O)c2cccs2)cc1)c1ccc2[nH]c(=O)[nH]c2c1. The highest BCUT2D eigenvalue weighted by Crippen LogP contribution is 2.18. The lowest BCUT2D eigenvalue weighted by atomic mass is 10.1. The molecular weight excluding hydrogens is 388 g/mol. The molecule has 0 aliphatic heterocycles. The number of rotatable bonds is 5. The molecule has 2 amide bonds. The number of fused-ring (bicyclic) bond motifs is 1. The Bertz CT molecular complexity index is 1220. The first-order valence-corrected chi connectivity index (χ1v) is 9.85. The summed E-state index contributed by atoms with van der Waals surface area (Å²) in [5, 5.41) is 7.59. The van der Waals surface area contributed by atoms with Crippen LogP contribution < -0.4 is 16.3 Å². The van der Waals surface area contributed by atoms with Gasteiger partial charge in [-0.3, -0.25) is 9.59 Å². The fourth-order valence-electron chi connectivity index (χ4n) is 2.99. The molecular formula is C21H18N4O3S. The molecule has 0 aliphatic rings. The van der Waals surface area contributed by atoms with Gasteiger partial charge < -0.3 is 20.6 Å². The molecule has 2 aromatic heterocycles. The van der Waals surface area contributed by atoms with Crippen LogP contribution in [-0.2, 0) is 0 Å². The predicted molar refractivity (Wildman–Crippen MR) is 114 cm³/mol. The molecule has 0 saturated carbocycles. The largest absolute Gasteiger partial charge is 0.346 e. The van der Waals surface area contributed by atoms with Crippen molar-refractivity contribution in [3.63, 3.8) is 0 Å². The summed E-state index contributed by atoms with van der Waals surface area (Å²) >= 11 is 1.37. The summed E-state index contributed by atoms with van der Waals surface area (Å²) in [4.78, 5) is 42.1. The number of anilines is 1. The van der Waals surface area contributed by atoms with Crippen molar-refractivity contribution >= 4 is 39.9 Å². The number of imidazole rings is 1. The van der Waals surface area contributed by atoms with Crippen LogP contribution in [0.4, 0.5) is 5.69 Å². The van der Waals surface area contributed by atoms with E-state index in [1.165, 1.54) is 11.3 Å². The summed E-state index contributed by atoms with van der Waals surface area (Å²) in [7, 11) is 0. The Morgan fingerprint density at radius 3 is 2.45 bits per heavy atom. The summed E-state index contributed by atoms with van der Waals surface area (Å²) < 4.78 is 0. The minimum atomic E-state index is -0.264. The molecule has 1 unspecified atom stereocenters. The van der Waals surface area contributed by atoms with E-state index in [0.29, 0.717) is 21.6 Å². The van der Waals surface area contributed by atoms with Gasteiger partial charge >= 0.3 is 5.69 Å². The highest BCUT2D eigenvalue weighted by atomic mass is 32.1. The van der Waals surface area contributed by atoms with Crippen LogP contribution in [0.2, 0.25) is 0 Å². The Kier molecular flexibility index (Phi) is 5.01. The minimum Gasteiger partial charge on any atom is -0.346 e. The van der Waals surface area contributed by atoms with Crippen LogP contribution in [0.3, 0.4) is 0 Å². The third-order valence-electron chi connectivity index (χ3n) is 4.54. The van der Waals surface area contributed by atoms with Crippen LogP contribution in [0.1, 0.15) is 38.6 Å². The number of carbonyl (C=O) groups excluding carboxylic acids is 2. The maximum absolute atomic E-state index is 12.6. The monoisotopic (exact) mass is 406 g/mol. The summed E-state index contributed by atoms with van der Waals surface area (Å²) in [6.07, 6.45) is 0. The Hall–Kier alpha value is -3.65. The van der Waals surface area contributed by atoms with Gasteiger partial charge in [0.1, 0.15) is 0 Å². The molecule has 0 bridgehead atoms. The van der Waals surface area contributed by atoms with Crippen LogP contribution in [0.15, 0.2) is 64.8 Å². The summed E-state index contributed by atoms with van der Waals surface area (Å²) in [6.45, 7) is 1.87. The number of hydrogen-bond donors (Lipinski definition) is 4. The van der Waals surface area contributed by atoms with Crippen molar-refractivity contribution in [1.29, 1.82) is 0 Å². The highest BCUT2D eigenvalue weighted by Gasteiger charge is 2.13. The van der Waals surface area contributed by atoms with E-state index in [4.69, 9.17) is 0 Å². The van der Waals surface area contributed by atoms with Crippen LogP contribution in [0, 0.1) is 0 Å². The van der Waals surface area contributed by atoms with E-state index in [1.54, 1.807) is 36.4 Å². The number of H-pyrrole nitrogens is 2. The first-order valence-electron chi connectivity index (χ1n) is 8.97. The second kappa shape index (κ2) is 7.76. The van der Waals surface area contributed by atoms with Crippen molar-refractivity contribution in [2.24, 2.45) is 0 Å². The maximum atomic E-state index is 12.6. The fourth-order valence-corrected chi connectivity index (χ4v) is 3.61. The van der Waals surface area contributed by atoms with E-state index >= 15 is 0 Å². The highest BCUT2D eigenvalue weighted by molar-refractivity contribution is 7.12. The van der Waals surface area contributed by atoms with Crippen molar-refractivity contribution in [1.82, 2.24) is 15.3 Å². The second-order valence-corrected chi connectivity index (χ2v) is 7.54. The number of aromatic amines is 2. The molecule has 4 aromatic rings. The fraction of sp³-hybridized carbons (Fsp3) is 0.0952. The minimum absolute atomic E-state index is 0.177. The molecule has 4 N–H and O–H groups in total. The van der Waals surface area contributed by atoms with Crippen LogP contribution >= 0.6 is 11.3 Å². The van der Waals surface area contributed by atoms with Gasteiger partial charge in [0.15, 0.2) is 0 Å². The molecule has 2 heterocycles. The van der Waals surface area contributed by atoms with Crippen molar-refractivity contribution in [3.8, 4) is 0 Å². The van der Waals surface area contributed by atoms with Crippen LogP contribution in [0.5, 0.6) is 0 Å². The van der Waals surface area contributed by atoms with E-state index in [-0.39, 0.29) is 23.5 Å². The van der Waals surface area contributed by atoms with Gasteiger partial charge in [-0.25, -0.2) is 4.79 Å². The van der Waals surface area contributed by atoms with Gasteiger partial charge in [-0.05, 0) is 60.3 Å². The molecule has 0 aliphatic carbocycles. The van der Waals surface area contributed by atoms with E-state index in [1.807, 2.05) is 30.5 Å². The number of amides is 2. The third kappa shape index (κ3) is 4.12. The quantitative estimate of drug-likeness (QED) is 0.406. The number of aromatic nitrogens is 2. The summed E-state index contributed by atoms with van der Waals surface area (Å²) in [5.74, 6) is -0.402. The van der Waals surface area contributed by atoms with Gasteiger partial charge in [0.2, 0.25) is 0 Å². The molecule has 7 nitrogen and oxygen atoms in total. The molecule has 0 fully saturated rings. The molecule has 146 valence electrons. The molecule has 0 saturated heterocycles. The Labute approximate surface area is 169 Å². The third-order valence-corrected chi connectivity index (χ3v) is 5.41. The lowest BCUT2D eigenvalue weighted by Gasteiger charge is -2.15. The van der Waals surface area contributed by atoms with Gasteiger partial charge in [-0.1, -0.05) is 12.1 Å². The van der Waals surface area contributed by atoms with E-state index in [9.17, 15) is 14.4 Å². The van der Waals surface area contributed by atoms with Crippen molar-refractivity contribution < 1.29 is 9.59 Å². The first-order chi connectivity index (χ1) is 14.0. The number of nitrogens with one attached hydrogen (secondary N) is 4. The zero-order valence-electron chi connectivity index (χ0n) is 15.5. The molecule has 4 rings (SSSR count).